The Kier molecular flexibility index (Phi) is 2.88. The van der Waals surface area contributed by atoms with E-state index in [0.717, 1.165) is 0 Å². The number of furan rings is 1. The summed E-state index contributed by atoms with van der Waals surface area (Å²) >= 11 is -2.68. The van der Waals surface area contributed by atoms with Gasteiger partial charge < -0.3 is 13.2 Å². The van der Waals surface area contributed by atoms with E-state index in [0.29, 0.717) is 21.9 Å². The molecule has 0 fully saturated rings. The number of nitrogens with zero attached hydrogens (tertiary/aromatic N) is 1. The van der Waals surface area contributed by atoms with Gasteiger partial charge in [-0.05, 0) is 24.3 Å². The van der Waals surface area contributed by atoms with E-state index in [1.807, 2.05) is 0 Å². The van der Waals surface area contributed by atoms with Gasteiger partial charge in [-0.3, -0.25) is 10.1 Å². The highest BCUT2D eigenvalue weighted by Gasteiger charge is 2.13. The molecule has 2 aromatic carbocycles. The van der Waals surface area contributed by atoms with Crippen molar-refractivity contribution in [2.24, 2.45) is 0 Å². The maximum Gasteiger partial charge on any atom is 0.270 e. The molecule has 0 N–H and O–H groups in total. The van der Waals surface area contributed by atoms with Crippen LogP contribution in [0.4, 0.5) is 5.69 Å². The van der Waals surface area contributed by atoms with Gasteiger partial charge in [0.2, 0.25) is 0 Å². The Balaban J connectivity index is 2.25. The maximum absolute atomic E-state index is 10.8. The molecule has 0 aliphatic rings. The number of nitro benzene ring substituents is 1. The molecule has 0 spiro atoms. The summed E-state index contributed by atoms with van der Waals surface area (Å²) in [5.41, 5.74) is 0.898. The topological polar surface area (TPSA) is 106 Å². The molecule has 8 heteroatoms. The summed E-state index contributed by atoms with van der Waals surface area (Å²) in [5, 5.41) is 11.9. The highest BCUT2D eigenvalue weighted by molar-refractivity contribution is 7.74. The first-order valence-electron chi connectivity index (χ1n) is 5.43. The van der Waals surface area contributed by atoms with E-state index >= 15 is 0 Å². The van der Waals surface area contributed by atoms with Crippen molar-refractivity contribution in [2.45, 2.75) is 0 Å². The van der Waals surface area contributed by atoms with Crippen LogP contribution in [0.25, 0.3) is 21.9 Å². The highest BCUT2D eigenvalue weighted by Crippen LogP contribution is 2.33. The minimum atomic E-state index is -2.68. The number of hydrogen-bond donors (Lipinski definition) is 0. The zero-order valence-electron chi connectivity index (χ0n) is 9.77. The lowest BCUT2D eigenvalue weighted by atomic mass is 10.1. The lowest BCUT2D eigenvalue weighted by Crippen LogP contribution is -1.97. The Hall–Kier alpha value is -2.45. The first-order chi connectivity index (χ1) is 9.54. The van der Waals surface area contributed by atoms with E-state index in [4.69, 9.17) is 4.42 Å². The minimum absolute atomic E-state index is 0.0704. The SMILES string of the molecule is O=[N+]([O-])c1ccc2oc3ccc(OS(=O)[O-])cc3c2c1. The molecule has 1 atom stereocenters. The van der Waals surface area contributed by atoms with Crippen LogP contribution in [0.15, 0.2) is 40.8 Å². The number of hydrogen-bond acceptors (Lipinski definition) is 6. The molecule has 0 bridgehead atoms. The van der Waals surface area contributed by atoms with Crippen molar-refractivity contribution in [2.75, 3.05) is 0 Å². The Morgan fingerprint density at radius 2 is 1.75 bits per heavy atom. The van der Waals surface area contributed by atoms with E-state index in [1.165, 1.54) is 30.3 Å². The first-order valence-corrected chi connectivity index (χ1v) is 6.43. The molecule has 3 rings (SSSR count). The van der Waals surface area contributed by atoms with Crippen LogP contribution in [-0.4, -0.2) is 13.7 Å². The molecule has 0 aliphatic heterocycles. The Morgan fingerprint density at radius 3 is 2.40 bits per heavy atom. The fraction of sp³-hybridized carbons (Fsp3) is 0. The van der Waals surface area contributed by atoms with Gasteiger partial charge in [-0.2, -0.15) is 0 Å². The Morgan fingerprint density at radius 1 is 1.10 bits per heavy atom. The molecule has 1 unspecified atom stereocenters. The van der Waals surface area contributed by atoms with Crippen LogP contribution in [0.2, 0.25) is 0 Å². The van der Waals surface area contributed by atoms with Crippen LogP contribution in [0.5, 0.6) is 5.75 Å². The summed E-state index contributed by atoms with van der Waals surface area (Å²) in [6.45, 7) is 0. The van der Waals surface area contributed by atoms with Gasteiger partial charge in [-0.25, -0.2) is 4.21 Å². The van der Waals surface area contributed by atoms with E-state index in [1.54, 1.807) is 6.07 Å². The molecule has 3 aromatic rings. The Labute approximate surface area is 114 Å². The van der Waals surface area contributed by atoms with Crippen molar-refractivity contribution < 1.29 is 22.3 Å². The second kappa shape index (κ2) is 4.58. The molecule has 0 aliphatic carbocycles. The number of benzene rings is 2. The normalized spacial score (nSPS) is 12.7. The summed E-state index contributed by atoms with van der Waals surface area (Å²) in [6, 6.07) is 8.66. The lowest BCUT2D eigenvalue weighted by molar-refractivity contribution is -0.384. The molecule has 0 amide bonds. The Bertz CT molecular complexity index is 856. The smallest absolute Gasteiger partial charge is 0.270 e. The van der Waals surface area contributed by atoms with Gasteiger partial charge in [0.25, 0.3) is 5.69 Å². The second-order valence-electron chi connectivity index (χ2n) is 3.99. The summed E-state index contributed by atoms with van der Waals surface area (Å²) in [4.78, 5) is 10.3. The zero-order valence-corrected chi connectivity index (χ0v) is 10.6. The van der Waals surface area contributed by atoms with E-state index in [9.17, 15) is 18.9 Å². The number of non-ortho nitro benzene ring substituents is 1. The van der Waals surface area contributed by atoms with Crippen molar-refractivity contribution in [1.82, 2.24) is 0 Å². The van der Waals surface area contributed by atoms with Gasteiger partial charge in [0.15, 0.2) is 0 Å². The lowest BCUT2D eigenvalue weighted by Gasteiger charge is -2.06. The molecular formula is C12H6NO6S-. The monoisotopic (exact) mass is 292 g/mol. The third-order valence-corrected chi connectivity index (χ3v) is 3.13. The molecule has 20 heavy (non-hydrogen) atoms. The molecule has 7 nitrogen and oxygen atoms in total. The van der Waals surface area contributed by atoms with Crippen molar-refractivity contribution in [1.29, 1.82) is 0 Å². The predicted molar refractivity (Wildman–Crippen MR) is 69.9 cm³/mol. The average Bonchev–Trinajstić information content (AvgIpc) is 2.75. The van der Waals surface area contributed by atoms with E-state index in [-0.39, 0.29) is 11.4 Å². The van der Waals surface area contributed by atoms with Gasteiger partial charge in [0, 0.05) is 22.9 Å². The summed E-state index contributed by atoms with van der Waals surface area (Å²) < 4.78 is 31.1. The highest BCUT2D eigenvalue weighted by atomic mass is 32.2. The molecule has 0 saturated carbocycles. The number of nitro groups is 1. The van der Waals surface area contributed by atoms with Crippen molar-refractivity contribution in [3.05, 3.63) is 46.5 Å². The van der Waals surface area contributed by atoms with Crippen LogP contribution in [-0.2, 0) is 11.4 Å². The van der Waals surface area contributed by atoms with Crippen molar-refractivity contribution in [3.63, 3.8) is 0 Å². The maximum atomic E-state index is 10.8. The third kappa shape index (κ3) is 2.10. The first kappa shape index (κ1) is 12.6. The molecular weight excluding hydrogens is 286 g/mol. The summed E-state index contributed by atoms with van der Waals surface area (Å²) in [6.07, 6.45) is 0. The zero-order chi connectivity index (χ0) is 14.3. The molecule has 1 heterocycles. The summed E-state index contributed by atoms with van der Waals surface area (Å²) in [7, 11) is 0. The van der Waals surface area contributed by atoms with Crippen LogP contribution in [0.1, 0.15) is 0 Å². The van der Waals surface area contributed by atoms with Crippen molar-refractivity contribution in [3.8, 4) is 5.75 Å². The minimum Gasteiger partial charge on any atom is -0.740 e. The van der Waals surface area contributed by atoms with Crippen molar-refractivity contribution >= 4 is 39.0 Å². The third-order valence-electron chi connectivity index (χ3n) is 2.80. The number of rotatable bonds is 3. The van der Waals surface area contributed by atoms with Gasteiger partial charge in [-0.15, -0.1) is 0 Å². The van der Waals surface area contributed by atoms with Crippen LogP contribution >= 0.6 is 0 Å². The van der Waals surface area contributed by atoms with Crippen LogP contribution in [0, 0.1) is 10.1 Å². The fourth-order valence-corrected chi connectivity index (χ4v) is 2.25. The van der Waals surface area contributed by atoms with E-state index in [2.05, 4.69) is 4.18 Å². The average molecular weight is 292 g/mol. The van der Waals surface area contributed by atoms with Crippen LogP contribution < -0.4 is 4.18 Å². The predicted octanol–water partition coefficient (Wildman–Crippen LogP) is 2.67. The summed E-state index contributed by atoms with van der Waals surface area (Å²) in [5.74, 6) is 0.111. The quantitative estimate of drug-likeness (QED) is 0.417. The fourth-order valence-electron chi connectivity index (χ4n) is 1.99. The largest absolute Gasteiger partial charge is 0.740 e. The van der Waals surface area contributed by atoms with Gasteiger partial charge >= 0.3 is 0 Å². The number of fused-ring (bicyclic) bond motifs is 3. The van der Waals surface area contributed by atoms with Gasteiger partial charge in [0.1, 0.15) is 28.3 Å². The molecule has 0 radical (unpaired) electrons. The van der Waals surface area contributed by atoms with Gasteiger partial charge in [-0.1, -0.05) is 0 Å². The standard InChI is InChI=1S/C12H7NO6S/c14-13(15)7-1-3-11-9(5-7)10-6-8(19-20(16)17)2-4-12(10)18-11/h1-6H,(H,16,17)/p-1. The molecule has 1 aromatic heterocycles. The molecule has 102 valence electrons. The van der Waals surface area contributed by atoms with Crippen LogP contribution in [0.3, 0.4) is 0 Å². The van der Waals surface area contributed by atoms with E-state index < -0.39 is 16.3 Å². The second-order valence-corrected chi connectivity index (χ2v) is 4.56. The molecule has 0 saturated heterocycles. The van der Waals surface area contributed by atoms with Gasteiger partial charge in [0.05, 0.1) is 4.92 Å².